The summed E-state index contributed by atoms with van der Waals surface area (Å²) >= 11 is 0. The summed E-state index contributed by atoms with van der Waals surface area (Å²) in [4.78, 5) is 12.4. The fourth-order valence-corrected chi connectivity index (χ4v) is 2.47. The Morgan fingerprint density at radius 1 is 0.773 bits per heavy atom. The van der Waals surface area contributed by atoms with Crippen molar-refractivity contribution in [2.24, 2.45) is 0 Å². The smallest absolute Gasteiger partial charge is 0.361 e. The molecule has 0 aromatic rings. The lowest BCUT2D eigenvalue weighted by Gasteiger charge is -2.07. The zero-order chi connectivity index (χ0) is 15.8. The second-order valence-electron chi connectivity index (χ2n) is 6.49. The van der Waals surface area contributed by atoms with E-state index >= 15 is 0 Å². The summed E-state index contributed by atoms with van der Waals surface area (Å²) in [5, 5.41) is 0. The maximum absolute atomic E-state index is 11.3. The van der Waals surface area contributed by atoms with Gasteiger partial charge in [-0.25, -0.2) is 4.79 Å². The van der Waals surface area contributed by atoms with Crippen LogP contribution in [0.15, 0.2) is 0 Å². The fraction of sp³-hybridized carbons (Fsp3) is 0.944. The molecule has 4 heteroatoms. The molecule has 0 aliphatic heterocycles. The molecule has 3 nitrogen and oxygen atoms in total. The number of quaternary nitrogens is 1. The number of rotatable bonds is 15. The summed E-state index contributed by atoms with van der Waals surface area (Å²) in [7, 11) is 3.93. The van der Waals surface area contributed by atoms with Crippen molar-refractivity contribution in [3.8, 4) is 0 Å². The molecule has 0 rings (SSSR count). The quantitative estimate of drug-likeness (QED) is 0.346. The lowest BCUT2D eigenvalue weighted by atomic mass is 10.1. The van der Waals surface area contributed by atoms with Crippen molar-refractivity contribution in [3.05, 3.63) is 0 Å². The molecule has 0 aromatic heterocycles. The van der Waals surface area contributed by atoms with E-state index in [4.69, 9.17) is 4.74 Å². The minimum atomic E-state index is -0.0712. The highest BCUT2D eigenvalue weighted by Crippen LogP contribution is 2.11. The van der Waals surface area contributed by atoms with Crippen molar-refractivity contribution in [1.82, 2.24) is 0 Å². The Morgan fingerprint density at radius 2 is 1.18 bits per heavy atom. The first-order valence-corrected chi connectivity index (χ1v) is 9.11. The van der Waals surface area contributed by atoms with Crippen molar-refractivity contribution >= 4 is 5.97 Å². The predicted molar refractivity (Wildman–Crippen MR) is 89.7 cm³/mol. The highest BCUT2D eigenvalue weighted by atomic mass is 35.5. The second-order valence-corrected chi connectivity index (χ2v) is 6.49. The SMILES string of the molecule is CCCCCCCCCCCCCCOC(=O)C[NH+](C)C.[Cl-]. The number of hydrogen-bond donors (Lipinski definition) is 1. The van der Waals surface area contributed by atoms with Crippen molar-refractivity contribution in [1.29, 1.82) is 0 Å². The topological polar surface area (TPSA) is 30.7 Å². The molecule has 0 spiro atoms. The molecule has 0 amide bonds. The Kier molecular flexibility index (Phi) is 20.5. The molecule has 0 heterocycles. The number of carbonyl (C=O) groups is 1. The normalized spacial score (nSPS) is 10.5. The average Bonchev–Trinajstić information content (AvgIpc) is 2.43. The van der Waals surface area contributed by atoms with E-state index < -0.39 is 0 Å². The van der Waals surface area contributed by atoms with Gasteiger partial charge in [-0.15, -0.1) is 0 Å². The first-order chi connectivity index (χ1) is 10.2. The zero-order valence-electron chi connectivity index (χ0n) is 15.1. The number of esters is 1. The van der Waals surface area contributed by atoms with Crippen molar-refractivity contribution in [2.45, 2.75) is 84.0 Å². The van der Waals surface area contributed by atoms with E-state index in [2.05, 4.69) is 6.92 Å². The molecule has 0 radical (unpaired) electrons. The Bertz CT molecular complexity index is 235. The van der Waals surface area contributed by atoms with Crippen LogP contribution in [-0.4, -0.2) is 33.2 Å². The molecule has 0 fully saturated rings. The van der Waals surface area contributed by atoms with Crippen LogP contribution >= 0.6 is 0 Å². The number of nitrogens with one attached hydrogen (secondary N) is 1. The third kappa shape index (κ3) is 19.7. The molecular weight excluding hydrogens is 298 g/mol. The van der Waals surface area contributed by atoms with Gasteiger partial charge in [-0.3, -0.25) is 0 Å². The van der Waals surface area contributed by atoms with Gasteiger partial charge in [0.2, 0.25) is 0 Å². The van der Waals surface area contributed by atoms with Crippen LogP contribution < -0.4 is 17.3 Å². The van der Waals surface area contributed by atoms with Gasteiger partial charge in [0, 0.05) is 0 Å². The molecule has 0 bridgehead atoms. The lowest BCUT2D eigenvalue weighted by molar-refractivity contribution is -0.850. The van der Waals surface area contributed by atoms with Gasteiger partial charge in [0.05, 0.1) is 20.7 Å². The molecule has 0 aliphatic carbocycles. The minimum Gasteiger partial charge on any atom is -1.00 e. The average molecular weight is 336 g/mol. The largest absolute Gasteiger partial charge is 1.00 e. The number of ether oxygens (including phenoxy) is 1. The van der Waals surface area contributed by atoms with E-state index in [0.717, 1.165) is 11.3 Å². The van der Waals surface area contributed by atoms with Crippen LogP contribution in [-0.2, 0) is 9.53 Å². The molecule has 22 heavy (non-hydrogen) atoms. The maximum atomic E-state index is 11.3. The maximum Gasteiger partial charge on any atom is 0.361 e. The van der Waals surface area contributed by atoms with Crippen LogP contribution in [0.25, 0.3) is 0 Å². The summed E-state index contributed by atoms with van der Waals surface area (Å²) in [6.45, 7) is 3.34. The van der Waals surface area contributed by atoms with Gasteiger partial charge in [-0.2, -0.15) is 0 Å². The third-order valence-corrected chi connectivity index (χ3v) is 3.76. The highest BCUT2D eigenvalue weighted by Gasteiger charge is 2.06. The molecule has 0 saturated heterocycles. The minimum absolute atomic E-state index is 0. The van der Waals surface area contributed by atoms with Crippen LogP contribution in [0.4, 0.5) is 0 Å². The van der Waals surface area contributed by atoms with Crippen LogP contribution in [0.1, 0.15) is 84.0 Å². The molecule has 134 valence electrons. The van der Waals surface area contributed by atoms with Gasteiger partial charge in [0.25, 0.3) is 0 Å². The van der Waals surface area contributed by atoms with E-state index in [1.54, 1.807) is 0 Å². The number of likely N-dealkylation sites (N-methyl/N-ethyl adjacent to an activating group) is 1. The Hall–Kier alpha value is -0.280. The zero-order valence-corrected chi connectivity index (χ0v) is 15.8. The van der Waals surface area contributed by atoms with Gasteiger partial charge in [0.1, 0.15) is 0 Å². The van der Waals surface area contributed by atoms with Gasteiger partial charge < -0.3 is 22.0 Å². The van der Waals surface area contributed by atoms with E-state index in [0.29, 0.717) is 13.2 Å². The molecule has 0 aliphatic rings. The molecule has 0 atom stereocenters. The van der Waals surface area contributed by atoms with Crippen LogP contribution in [0, 0.1) is 0 Å². The predicted octanol–water partition coefficient (Wildman–Crippen LogP) is 0.379. The molecule has 0 aromatic carbocycles. The molecule has 1 N–H and O–H groups in total. The van der Waals surface area contributed by atoms with Crippen molar-refractivity contribution in [3.63, 3.8) is 0 Å². The second kappa shape index (κ2) is 18.8. The Morgan fingerprint density at radius 3 is 1.59 bits per heavy atom. The fourth-order valence-electron chi connectivity index (χ4n) is 2.47. The van der Waals surface area contributed by atoms with E-state index in [9.17, 15) is 4.79 Å². The van der Waals surface area contributed by atoms with Crippen LogP contribution in [0.2, 0.25) is 0 Å². The number of unbranched alkanes of at least 4 members (excludes halogenated alkanes) is 11. The number of halogens is 1. The van der Waals surface area contributed by atoms with Gasteiger partial charge in [-0.05, 0) is 6.42 Å². The van der Waals surface area contributed by atoms with Crippen molar-refractivity contribution in [2.75, 3.05) is 27.2 Å². The summed E-state index contributed by atoms with van der Waals surface area (Å²) < 4.78 is 5.18. The molecule has 0 saturated carbocycles. The monoisotopic (exact) mass is 335 g/mol. The summed E-state index contributed by atoms with van der Waals surface area (Å²) in [5.74, 6) is -0.0712. The van der Waals surface area contributed by atoms with Crippen LogP contribution in [0.3, 0.4) is 0 Å². The van der Waals surface area contributed by atoms with Gasteiger partial charge in [-0.1, -0.05) is 77.6 Å². The summed E-state index contributed by atoms with van der Waals surface area (Å²) in [5.41, 5.74) is 0. The first kappa shape index (κ1) is 24.0. The summed E-state index contributed by atoms with van der Waals surface area (Å²) in [6.07, 6.45) is 16.0. The standard InChI is InChI=1S/C18H37NO2.ClH/c1-4-5-6-7-8-9-10-11-12-13-14-15-16-21-18(20)17-19(2)3;/h4-17H2,1-3H3;1H. The van der Waals surface area contributed by atoms with E-state index in [-0.39, 0.29) is 18.4 Å². The highest BCUT2D eigenvalue weighted by molar-refractivity contribution is 5.70. The van der Waals surface area contributed by atoms with Gasteiger partial charge >= 0.3 is 5.97 Å². The molecule has 0 unspecified atom stereocenters. The Balaban J connectivity index is 0. The van der Waals surface area contributed by atoms with E-state index in [1.807, 2.05) is 14.1 Å². The van der Waals surface area contributed by atoms with Gasteiger partial charge in [0.15, 0.2) is 6.54 Å². The number of carbonyl (C=O) groups excluding carboxylic acids is 1. The molecular formula is C18H38ClNO2. The Labute approximate surface area is 144 Å². The van der Waals surface area contributed by atoms with Crippen molar-refractivity contribution < 1.29 is 26.8 Å². The first-order valence-electron chi connectivity index (χ1n) is 9.11. The number of hydrogen-bond acceptors (Lipinski definition) is 2. The van der Waals surface area contributed by atoms with E-state index in [1.165, 1.54) is 70.6 Å². The van der Waals surface area contributed by atoms with Crippen LogP contribution in [0.5, 0.6) is 0 Å². The summed E-state index contributed by atoms with van der Waals surface area (Å²) in [6, 6.07) is 0. The lowest BCUT2D eigenvalue weighted by Crippen LogP contribution is -3.06. The third-order valence-electron chi connectivity index (χ3n) is 3.76.